The molecule has 12 heavy (non-hydrogen) atoms. The molecule has 0 aromatic heterocycles. The van der Waals surface area contributed by atoms with Gasteiger partial charge in [-0.3, -0.25) is 0 Å². The number of nitrogens with one attached hydrogen (secondary N) is 1. The zero-order valence-electron chi connectivity index (χ0n) is 6.95. The summed E-state index contributed by atoms with van der Waals surface area (Å²) in [5.41, 5.74) is 0. The van der Waals surface area contributed by atoms with Gasteiger partial charge in [0.25, 0.3) is 0 Å². The first kappa shape index (κ1) is 9.49. The van der Waals surface area contributed by atoms with E-state index in [9.17, 15) is 8.42 Å². The van der Waals surface area contributed by atoms with Crippen LogP contribution in [0.4, 0.5) is 0 Å². The fourth-order valence-electron chi connectivity index (χ4n) is 1.53. The Morgan fingerprint density at radius 1 is 1.50 bits per heavy atom. The number of nitriles is 1. The van der Waals surface area contributed by atoms with Crippen LogP contribution < -0.4 is 4.72 Å². The van der Waals surface area contributed by atoms with Crippen LogP contribution in [0.25, 0.3) is 0 Å². The lowest BCUT2D eigenvalue weighted by molar-refractivity contribution is 0.519. The highest BCUT2D eigenvalue weighted by molar-refractivity contribution is 7.88. The summed E-state index contributed by atoms with van der Waals surface area (Å²) in [7, 11) is -3.15. The molecule has 1 fully saturated rings. The van der Waals surface area contributed by atoms with Crippen LogP contribution in [-0.2, 0) is 10.0 Å². The van der Waals surface area contributed by atoms with Crippen LogP contribution >= 0.6 is 0 Å². The van der Waals surface area contributed by atoms with Gasteiger partial charge in [-0.15, -0.1) is 0 Å². The van der Waals surface area contributed by atoms with Gasteiger partial charge >= 0.3 is 0 Å². The highest BCUT2D eigenvalue weighted by Gasteiger charge is 2.28. The zero-order valence-corrected chi connectivity index (χ0v) is 7.76. The molecule has 0 saturated heterocycles. The number of hydrogen-bond donors (Lipinski definition) is 1. The van der Waals surface area contributed by atoms with E-state index in [0.29, 0.717) is 0 Å². The van der Waals surface area contributed by atoms with Crippen molar-refractivity contribution in [2.45, 2.75) is 25.3 Å². The van der Waals surface area contributed by atoms with E-state index in [-0.39, 0.29) is 12.0 Å². The van der Waals surface area contributed by atoms with Crippen molar-refractivity contribution in [1.82, 2.24) is 4.72 Å². The molecule has 0 amide bonds. The molecule has 0 heterocycles. The molecule has 0 aromatic carbocycles. The van der Waals surface area contributed by atoms with E-state index in [1.54, 1.807) is 0 Å². The maximum absolute atomic E-state index is 10.8. The minimum absolute atomic E-state index is 0.139. The Morgan fingerprint density at radius 2 is 2.17 bits per heavy atom. The SMILES string of the molecule is CS(=O)(=O)NC1CCCC1C#N. The fourth-order valence-corrected chi connectivity index (χ4v) is 2.36. The largest absolute Gasteiger partial charge is 0.213 e. The first-order valence-electron chi connectivity index (χ1n) is 3.90. The van der Waals surface area contributed by atoms with Gasteiger partial charge in [0, 0.05) is 6.04 Å². The van der Waals surface area contributed by atoms with Crippen molar-refractivity contribution in [1.29, 1.82) is 5.26 Å². The highest BCUT2D eigenvalue weighted by Crippen LogP contribution is 2.24. The third kappa shape index (κ3) is 2.47. The lowest BCUT2D eigenvalue weighted by Gasteiger charge is -2.12. The summed E-state index contributed by atoms with van der Waals surface area (Å²) in [6.45, 7) is 0. The molecule has 0 aromatic rings. The Bertz CT molecular complexity index is 291. The van der Waals surface area contributed by atoms with E-state index in [2.05, 4.69) is 10.8 Å². The van der Waals surface area contributed by atoms with E-state index >= 15 is 0 Å². The summed E-state index contributed by atoms with van der Waals surface area (Å²) < 4.78 is 24.1. The molecule has 0 aliphatic heterocycles. The van der Waals surface area contributed by atoms with Crippen LogP contribution in [0, 0.1) is 17.2 Å². The molecule has 2 unspecified atom stereocenters. The van der Waals surface area contributed by atoms with Gasteiger partial charge in [-0.2, -0.15) is 5.26 Å². The molecule has 4 nitrogen and oxygen atoms in total. The van der Waals surface area contributed by atoms with E-state index in [0.717, 1.165) is 25.5 Å². The topological polar surface area (TPSA) is 70.0 Å². The van der Waals surface area contributed by atoms with Crippen LogP contribution in [0.2, 0.25) is 0 Å². The van der Waals surface area contributed by atoms with Gasteiger partial charge in [0.2, 0.25) is 10.0 Å². The zero-order chi connectivity index (χ0) is 9.19. The normalized spacial score (nSPS) is 30.0. The lowest BCUT2D eigenvalue weighted by Crippen LogP contribution is -2.35. The number of hydrogen-bond acceptors (Lipinski definition) is 3. The van der Waals surface area contributed by atoms with Crippen LogP contribution in [0.3, 0.4) is 0 Å². The third-order valence-corrected chi connectivity index (χ3v) is 2.78. The van der Waals surface area contributed by atoms with Gasteiger partial charge in [-0.25, -0.2) is 13.1 Å². The minimum atomic E-state index is -3.15. The second-order valence-electron chi connectivity index (χ2n) is 3.16. The van der Waals surface area contributed by atoms with Crippen molar-refractivity contribution in [2.75, 3.05) is 6.26 Å². The van der Waals surface area contributed by atoms with Crippen molar-refractivity contribution in [2.24, 2.45) is 5.92 Å². The van der Waals surface area contributed by atoms with Crippen molar-refractivity contribution in [3.63, 3.8) is 0 Å². The van der Waals surface area contributed by atoms with E-state index in [1.165, 1.54) is 0 Å². The summed E-state index contributed by atoms with van der Waals surface area (Å²) >= 11 is 0. The molecular weight excluding hydrogens is 176 g/mol. The molecule has 1 N–H and O–H groups in total. The van der Waals surface area contributed by atoms with Gasteiger partial charge in [0.1, 0.15) is 0 Å². The average molecular weight is 188 g/mol. The van der Waals surface area contributed by atoms with Crippen LogP contribution in [0.1, 0.15) is 19.3 Å². The van der Waals surface area contributed by atoms with Crippen molar-refractivity contribution in [3.8, 4) is 6.07 Å². The predicted octanol–water partition coefficient (Wildman–Crippen LogP) is 0.228. The maximum atomic E-state index is 10.8. The summed E-state index contributed by atoms with van der Waals surface area (Å²) in [5.74, 6) is -0.139. The monoisotopic (exact) mass is 188 g/mol. The van der Waals surface area contributed by atoms with E-state index in [1.807, 2.05) is 0 Å². The summed E-state index contributed by atoms with van der Waals surface area (Å²) in [6, 6.07) is 1.95. The van der Waals surface area contributed by atoms with E-state index in [4.69, 9.17) is 5.26 Å². The van der Waals surface area contributed by atoms with Crippen LogP contribution in [-0.4, -0.2) is 20.7 Å². The maximum Gasteiger partial charge on any atom is 0.208 e. The molecule has 0 radical (unpaired) electrons. The standard InChI is InChI=1S/C7H12N2O2S/c1-12(10,11)9-7-4-2-3-6(7)5-8/h6-7,9H,2-4H2,1H3. The Morgan fingerprint density at radius 3 is 2.67 bits per heavy atom. The van der Waals surface area contributed by atoms with Gasteiger partial charge in [-0.05, 0) is 12.8 Å². The molecule has 0 bridgehead atoms. The smallest absolute Gasteiger partial charge is 0.208 e. The number of nitrogens with zero attached hydrogens (tertiary/aromatic N) is 1. The van der Waals surface area contributed by atoms with E-state index < -0.39 is 10.0 Å². The summed E-state index contributed by atoms with van der Waals surface area (Å²) in [6.07, 6.45) is 3.65. The molecule has 0 spiro atoms. The van der Waals surface area contributed by atoms with Crippen molar-refractivity contribution < 1.29 is 8.42 Å². The molecule has 1 rings (SSSR count). The van der Waals surface area contributed by atoms with Crippen molar-refractivity contribution in [3.05, 3.63) is 0 Å². The molecule has 68 valence electrons. The summed E-state index contributed by atoms with van der Waals surface area (Å²) in [5, 5.41) is 8.65. The van der Waals surface area contributed by atoms with Gasteiger partial charge in [-0.1, -0.05) is 6.42 Å². The quantitative estimate of drug-likeness (QED) is 0.674. The average Bonchev–Trinajstić information content (AvgIpc) is 2.31. The molecule has 5 heteroatoms. The Hall–Kier alpha value is -0.600. The second kappa shape index (κ2) is 3.42. The summed E-state index contributed by atoms with van der Waals surface area (Å²) in [4.78, 5) is 0. The molecular formula is C7H12N2O2S. The van der Waals surface area contributed by atoms with Crippen molar-refractivity contribution >= 4 is 10.0 Å². The van der Waals surface area contributed by atoms with Gasteiger partial charge < -0.3 is 0 Å². The second-order valence-corrected chi connectivity index (χ2v) is 4.94. The van der Waals surface area contributed by atoms with Crippen LogP contribution in [0.15, 0.2) is 0 Å². The Labute approximate surface area is 72.6 Å². The van der Waals surface area contributed by atoms with Gasteiger partial charge in [0.05, 0.1) is 18.2 Å². The minimum Gasteiger partial charge on any atom is -0.213 e. The Balaban J connectivity index is 2.59. The molecule has 1 aliphatic rings. The first-order valence-corrected chi connectivity index (χ1v) is 5.79. The fraction of sp³-hybridized carbons (Fsp3) is 0.857. The van der Waals surface area contributed by atoms with Gasteiger partial charge in [0.15, 0.2) is 0 Å². The Kier molecular flexibility index (Phi) is 2.70. The first-order chi connectivity index (χ1) is 5.53. The number of rotatable bonds is 2. The molecule has 2 atom stereocenters. The predicted molar refractivity (Wildman–Crippen MR) is 44.7 cm³/mol. The number of sulfonamides is 1. The van der Waals surface area contributed by atoms with Crippen LogP contribution in [0.5, 0.6) is 0 Å². The highest BCUT2D eigenvalue weighted by atomic mass is 32.2. The molecule has 1 aliphatic carbocycles. The molecule has 1 saturated carbocycles. The lowest BCUT2D eigenvalue weighted by atomic mass is 10.1. The third-order valence-electron chi connectivity index (χ3n) is 2.05.